The second-order valence-electron chi connectivity index (χ2n) is 4.75. The molecule has 0 atom stereocenters. The SMILES string of the molecule is Cc1ccccc1CN(C)c1ccc(Br)cc1C(=O)O. The van der Waals surface area contributed by atoms with Crippen LogP contribution in [0.3, 0.4) is 0 Å². The number of hydrogen-bond donors (Lipinski definition) is 1. The number of carbonyl (C=O) groups is 1. The standard InChI is InChI=1S/C16H16BrNO2/c1-11-5-3-4-6-12(11)10-18(2)15-8-7-13(17)9-14(15)16(19)20/h3-9H,10H2,1-2H3,(H,19,20). The van der Waals surface area contributed by atoms with Crippen molar-refractivity contribution in [2.24, 2.45) is 0 Å². The van der Waals surface area contributed by atoms with E-state index in [0.29, 0.717) is 17.8 Å². The number of aryl methyl sites for hydroxylation is 1. The van der Waals surface area contributed by atoms with Gasteiger partial charge in [0.25, 0.3) is 0 Å². The van der Waals surface area contributed by atoms with E-state index in [4.69, 9.17) is 0 Å². The lowest BCUT2D eigenvalue weighted by Gasteiger charge is -2.22. The summed E-state index contributed by atoms with van der Waals surface area (Å²) in [5.74, 6) is -0.919. The van der Waals surface area contributed by atoms with Crippen molar-refractivity contribution >= 4 is 27.6 Å². The summed E-state index contributed by atoms with van der Waals surface area (Å²) in [5.41, 5.74) is 3.40. The van der Waals surface area contributed by atoms with Crippen molar-refractivity contribution in [3.05, 3.63) is 63.6 Å². The maximum absolute atomic E-state index is 11.4. The van der Waals surface area contributed by atoms with Crippen LogP contribution in [0.1, 0.15) is 21.5 Å². The van der Waals surface area contributed by atoms with Gasteiger partial charge in [-0.3, -0.25) is 0 Å². The third kappa shape index (κ3) is 3.20. The second kappa shape index (κ2) is 6.09. The molecular weight excluding hydrogens is 318 g/mol. The Kier molecular flexibility index (Phi) is 4.45. The minimum Gasteiger partial charge on any atom is -0.478 e. The maximum atomic E-state index is 11.4. The molecule has 0 aromatic heterocycles. The van der Waals surface area contributed by atoms with Crippen LogP contribution in [0.15, 0.2) is 46.9 Å². The van der Waals surface area contributed by atoms with Crippen LogP contribution in [-0.2, 0) is 6.54 Å². The van der Waals surface area contributed by atoms with Gasteiger partial charge in [0.05, 0.1) is 11.3 Å². The summed E-state index contributed by atoms with van der Waals surface area (Å²) in [6.45, 7) is 2.73. The molecule has 0 radical (unpaired) electrons. The molecule has 1 N–H and O–H groups in total. The molecule has 0 aliphatic rings. The number of aromatic carboxylic acids is 1. The Morgan fingerprint density at radius 3 is 2.60 bits per heavy atom. The molecule has 0 heterocycles. The first-order chi connectivity index (χ1) is 9.49. The molecule has 2 rings (SSSR count). The predicted octanol–water partition coefficient (Wildman–Crippen LogP) is 4.09. The normalized spacial score (nSPS) is 10.3. The summed E-state index contributed by atoms with van der Waals surface area (Å²) in [6, 6.07) is 13.4. The topological polar surface area (TPSA) is 40.5 Å². The van der Waals surface area contributed by atoms with Gasteiger partial charge in [-0.1, -0.05) is 40.2 Å². The van der Waals surface area contributed by atoms with Gasteiger partial charge < -0.3 is 10.0 Å². The highest BCUT2D eigenvalue weighted by molar-refractivity contribution is 9.10. The zero-order chi connectivity index (χ0) is 14.7. The Hall–Kier alpha value is -1.81. The summed E-state index contributed by atoms with van der Waals surface area (Å²) in [5, 5.41) is 9.31. The summed E-state index contributed by atoms with van der Waals surface area (Å²) in [6.07, 6.45) is 0. The number of carboxylic acids is 1. The Bertz CT molecular complexity index is 640. The highest BCUT2D eigenvalue weighted by Gasteiger charge is 2.14. The summed E-state index contributed by atoms with van der Waals surface area (Å²) < 4.78 is 0.767. The highest BCUT2D eigenvalue weighted by atomic mass is 79.9. The minimum atomic E-state index is -0.919. The number of halogens is 1. The van der Waals surface area contributed by atoms with Crippen molar-refractivity contribution in [3.63, 3.8) is 0 Å². The number of benzene rings is 2. The van der Waals surface area contributed by atoms with Gasteiger partial charge in [0.15, 0.2) is 0 Å². The fourth-order valence-electron chi connectivity index (χ4n) is 2.14. The number of carboxylic acid groups (broad SMARTS) is 1. The fraction of sp³-hybridized carbons (Fsp3) is 0.188. The van der Waals surface area contributed by atoms with Crippen LogP contribution in [0.2, 0.25) is 0 Å². The number of nitrogens with zero attached hydrogens (tertiary/aromatic N) is 1. The lowest BCUT2D eigenvalue weighted by molar-refractivity contribution is 0.0697. The van der Waals surface area contributed by atoms with Crippen molar-refractivity contribution in [1.82, 2.24) is 0 Å². The first-order valence-electron chi connectivity index (χ1n) is 6.27. The molecule has 4 heteroatoms. The molecule has 2 aromatic carbocycles. The number of anilines is 1. The van der Waals surface area contributed by atoms with Crippen LogP contribution < -0.4 is 4.90 Å². The van der Waals surface area contributed by atoms with Gasteiger partial charge in [0.2, 0.25) is 0 Å². The third-order valence-electron chi connectivity index (χ3n) is 3.27. The summed E-state index contributed by atoms with van der Waals surface area (Å²) in [7, 11) is 1.90. The van der Waals surface area contributed by atoms with E-state index in [9.17, 15) is 9.90 Å². The molecule has 2 aromatic rings. The lowest BCUT2D eigenvalue weighted by Crippen LogP contribution is -2.20. The quantitative estimate of drug-likeness (QED) is 0.915. The Morgan fingerprint density at radius 1 is 1.25 bits per heavy atom. The summed E-state index contributed by atoms with van der Waals surface area (Å²) >= 11 is 3.31. The largest absolute Gasteiger partial charge is 0.478 e. The van der Waals surface area contributed by atoms with E-state index < -0.39 is 5.97 Å². The molecule has 0 saturated carbocycles. The molecule has 0 aliphatic heterocycles. The van der Waals surface area contributed by atoms with Crippen LogP contribution >= 0.6 is 15.9 Å². The second-order valence-corrected chi connectivity index (χ2v) is 5.66. The molecule has 0 bridgehead atoms. The van der Waals surface area contributed by atoms with E-state index >= 15 is 0 Å². The molecule has 0 amide bonds. The summed E-state index contributed by atoms with van der Waals surface area (Å²) in [4.78, 5) is 13.3. The van der Waals surface area contributed by atoms with Crippen molar-refractivity contribution in [3.8, 4) is 0 Å². The number of rotatable bonds is 4. The zero-order valence-corrected chi connectivity index (χ0v) is 13.0. The molecule has 0 unspecified atom stereocenters. The molecular formula is C16H16BrNO2. The highest BCUT2D eigenvalue weighted by Crippen LogP contribution is 2.25. The van der Waals surface area contributed by atoms with Crippen LogP contribution in [0.5, 0.6) is 0 Å². The molecule has 0 spiro atoms. The van der Waals surface area contributed by atoms with Crippen LogP contribution in [0, 0.1) is 6.92 Å². The van der Waals surface area contributed by atoms with Crippen molar-refractivity contribution in [2.45, 2.75) is 13.5 Å². The monoisotopic (exact) mass is 333 g/mol. The van der Waals surface area contributed by atoms with E-state index in [-0.39, 0.29) is 0 Å². The van der Waals surface area contributed by atoms with E-state index in [1.807, 2.05) is 36.2 Å². The molecule has 0 saturated heterocycles. The smallest absolute Gasteiger partial charge is 0.337 e. The van der Waals surface area contributed by atoms with Crippen molar-refractivity contribution in [2.75, 3.05) is 11.9 Å². The molecule has 0 aliphatic carbocycles. The predicted molar refractivity (Wildman–Crippen MR) is 84.4 cm³/mol. The van der Waals surface area contributed by atoms with E-state index in [0.717, 1.165) is 4.47 Å². The van der Waals surface area contributed by atoms with Gasteiger partial charge in [0.1, 0.15) is 0 Å². The van der Waals surface area contributed by atoms with Gasteiger partial charge in [0, 0.05) is 18.1 Å². The van der Waals surface area contributed by atoms with E-state index in [2.05, 4.69) is 35.0 Å². The van der Waals surface area contributed by atoms with Gasteiger partial charge in [-0.15, -0.1) is 0 Å². The zero-order valence-electron chi connectivity index (χ0n) is 11.4. The van der Waals surface area contributed by atoms with E-state index in [1.54, 1.807) is 6.07 Å². The maximum Gasteiger partial charge on any atom is 0.337 e. The van der Waals surface area contributed by atoms with E-state index in [1.165, 1.54) is 11.1 Å². The Labute approximate surface area is 127 Å². The average molecular weight is 334 g/mol. The lowest BCUT2D eigenvalue weighted by atomic mass is 10.1. The fourth-order valence-corrected chi connectivity index (χ4v) is 2.50. The molecule has 3 nitrogen and oxygen atoms in total. The Balaban J connectivity index is 2.32. The first kappa shape index (κ1) is 14.6. The van der Waals surface area contributed by atoms with Gasteiger partial charge in [-0.05, 0) is 36.2 Å². The minimum absolute atomic E-state index is 0.301. The Morgan fingerprint density at radius 2 is 1.95 bits per heavy atom. The molecule has 104 valence electrons. The first-order valence-corrected chi connectivity index (χ1v) is 7.07. The number of hydrogen-bond acceptors (Lipinski definition) is 2. The van der Waals surface area contributed by atoms with Crippen molar-refractivity contribution in [1.29, 1.82) is 0 Å². The van der Waals surface area contributed by atoms with Crippen LogP contribution in [0.25, 0.3) is 0 Å². The molecule has 20 heavy (non-hydrogen) atoms. The third-order valence-corrected chi connectivity index (χ3v) is 3.76. The van der Waals surface area contributed by atoms with Crippen LogP contribution in [0.4, 0.5) is 5.69 Å². The molecule has 0 fully saturated rings. The average Bonchev–Trinajstić information content (AvgIpc) is 2.41. The van der Waals surface area contributed by atoms with Gasteiger partial charge in [-0.2, -0.15) is 0 Å². The van der Waals surface area contributed by atoms with Crippen molar-refractivity contribution < 1.29 is 9.90 Å². The van der Waals surface area contributed by atoms with Crippen LogP contribution in [-0.4, -0.2) is 18.1 Å². The van der Waals surface area contributed by atoms with Gasteiger partial charge in [-0.25, -0.2) is 4.79 Å². The van der Waals surface area contributed by atoms with Gasteiger partial charge >= 0.3 is 5.97 Å².